The molecular weight excluding hydrogens is 344 g/mol. The maximum atomic E-state index is 12.1. The Morgan fingerprint density at radius 1 is 1.00 bits per heavy atom. The van der Waals surface area contributed by atoms with E-state index in [1.54, 1.807) is 19.1 Å². The highest BCUT2D eigenvalue weighted by Gasteiger charge is 2.14. The smallest absolute Gasteiger partial charge is 0.222 e. The largest absolute Gasteiger partial charge is 0.497 e. The van der Waals surface area contributed by atoms with Crippen LogP contribution in [0.4, 0.5) is 0 Å². The maximum absolute atomic E-state index is 12.1. The number of nitrogens with one attached hydrogen (secondary N) is 1. The van der Waals surface area contributed by atoms with Crippen molar-refractivity contribution in [2.45, 2.75) is 26.4 Å². The third kappa shape index (κ3) is 6.33. The molecule has 0 bridgehead atoms. The van der Waals surface area contributed by atoms with E-state index in [0.717, 1.165) is 22.6 Å². The molecule has 6 nitrogen and oxygen atoms in total. The van der Waals surface area contributed by atoms with Crippen molar-refractivity contribution in [3.05, 3.63) is 59.7 Å². The molecule has 0 spiro atoms. The summed E-state index contributed by atoms with van der Waals surface area (Å²) in [7, 11) is 3.21. The van der Waals surface area contributed by atoms with Gasteiger partial charge < -0.3 is 19.7 Å². The van der Waals surface area contributed by atoms with Gasteiger partial charge >= 0.3 is 0 Å². The zero-order chi connectivity index (χ0) is 19.6. The van der Waals surface area contributed by atoms with Crippen molar-refractivity contribution in [3.8, 4) is 11.5 Å². The van der Waals surface area contributed by atoms with Crippen molar-refractivity contribution in [3.63, 3.8) is 0 Å². The van der Waals surface area contributed by atoms with Gasteiger partial charge in [0.2, 0.25) is 11.8 Å². The van der Waals surface area contributed by atoms with E-state index < -0.39 is 0 Å². The first-order valence-corrected chi connectivity index (χ1v) is 8.80. The summed E-state index contributed by atoms with van der Waals surface area (Å²) < 4.78 is 10.4. The van der Waals surface area contributed by atoms with Crippen molar-refractivity contribution in [1.29, 1.82) is 0 Å². The Balaban J connectivity index is 1.85. The molecule has 0 atom stereocenters. The summed E-state index contributed by atoms with van der Waals surface area (Å²) in [6.45, 7) is 2.70. The molecule has 0 heterocycles. The van der Waals surface area contributed by atoms with Crippen molar-refractivity contribution in [2.24, 2.45) is 0 Å². The molecule has 0 saturated heterocycles. The quantitative estimate of drug-likeness (QED) is 0.737. The van der Waals surface area contributed by atoms with Crippen LogP contribution in [-0.4, -0.2) is 37.5 Å². The Morgan fingerprint density at radius 3 is 2.33 bits per heavy atom. The van der Waals surface area contributed by atoms with E-state index in [4.69, 9.17) is 9.47 Å². The fourth-order valence-corrected chi connectivity index (χ4v) is 2.66. The lowest BCUT2D eigenvalue weighted by molar-refractivity contribution is -0.130. The number of hydrogen-bond acceptors (Lipinski definition) is 4. The first-order valence-electron chi connectivity index (χ1n) is 8.80. The van der Waals surface area contributed by atoms with E-state index >= 15 is 0 Å². The molecule has 2 aromatic carbocycles. The summed E-state index contributed by atoms with van der Waals surface area (Å²) in [6.07, 6.45) is 0.241. The molecule has 0 aliphatic rings. The minimum Gasteiger partial charge on any atom is -0.497 e. The minimum absolute atomic E-state index is 0.0798. The second-order valence-corrected chi connectivity index (χ2v) is 6.13. The van der Waals surface area contributed by atoms with Gasteiger partial charge in [-0.1, -0.05) is 30.3 Å². The fraction of sp³-hybridized carbons (Fsp3) is 0.333. The van der Waals surface area contributed by atoms with Gasteiger partial charge in [0, 0.05) is 38.5 Å². The standard InChI is InChI=1S/C21H26N2O4/c1-16(24)23(15-18-6-4-5-7-20(18)27-3)13-12-21(25)22-14-17-8-10-19(26-2)11-9-17/h4-11H,12-15H2,1-3H3,(H,22,25). The molecule has 6 heteroatoms. The first-order chi connectivity index (χ1) is 13.0. The van der Waals surface area contributed by atoms with Crippen LogP contribution in [0.25, 0.3) is 0 Å². The lowest BCUT2D eigenvalue weighted by Crippen LogP contribution is -2.33. The van der Waals surface area contributed by atoms with Gasteiger partial charge in [0.1, 0.15) is 11.5 Å². The number of methoxy groups -OCH3 is 2. The topological polar surface area (TPSA) is 67.9 Å². The Hall–Kier alpha value is -3.02. The molecule has 1 N–H and O–H groups in total. The lowest BCUT2D eigenvalue weighted by Gasteiger charge is -2.22. The van der Waals surface area contributed by atoms with Crippen molar-refractivity contribution in [1.82, 2.24) is 10.2 Å². The van der Waals surface area contributed by atoms with Gasteiger partial charge in [-0.25, -0.2) is 0 Å². The molecular formula is C21H26N2O4. The van der Waals surface area contributed by atoms with Gasteiger partial charge in [0.15, 0.2) is 0 Å². The average Bonchev–Trinajstić information content (AvgIpc) is 2.69. The summed E-state index contributed by atoms with van der Waals surface area (Å²) >= 11 is 0. The number of ether oxygens (including phenoxy) is 2. The molecule has 2 amide bonds. The van der Waals surface area contributed by atoms with Crippen molar-refractivity contribution in [2.75, 3.05) is 20.8 Å². The Morgan fingerprint density at radius 2 is 1.70 bits per heavy atom. The van der Waals surface area contributed by atoms with Crippen LogP contribution in [0.3, 0.4) is 0 Å². The predicted octanol–water partition coefficient (Wildman–Crippen LogP) is 2.76. The van der Waals surface area contributed by atoms with Gasteiger partial charge in [-0.05, 0) is 23.8 Å². The monoisotopic (exact) mass is 370 g/mol. The molecule has 0 radical (unpaired) electrons. The van der Waals surface area contributed by atoms with Crippen molar-refractivity contribution < 1.29 is 19.1 Å². The van der Waals surface area contributed by atoms with E-state index in [1.807, 2.05) is 48.5 Å². The van der Waals surface area contributed by atoms with Gasteiger partial charge in [0.25, 0.3) is 0 Å². The van der Waals surface area contributed by atoms with Crippen LogP contribution in [0, 0.1) is 0 Å². The molecule has 0 aliphatic carbocycles. The van der Waals surface area contributed by atoms with Crippen LogP contribution in [0.15, 0.2) is 48.5 Å². The number of para-hydroxylation sites is 1. The zero-order valence-electron chi connectivity index (χ0n) is 16.0. The molecule has 2 rings (SSSR count). The third-order valence-corrected chi connectivity index (χ3v) is 4.26. The number of amides is 2. The summed E-state index contributed by atoms with van der Waals surface area (Å²) in [5, 5.41) is 2.87. The van der Waals surface area contributed by atoms with E-state index in [0.29, 0.717) is 19.6 Å². The number of hydrogen-bond donors (Lipinski definition) is 1. The van der Waals surface area contributed by atoms with Crippen LogP contribution in [0.1, 0.15) is 24.5 Å². The molecule has 0 fully saturated rings. The first kappa shape index (κ1) is 20.3. The molecule has 0 aliphatic heterocycles. The molecule has 2 aromatic rings. The molecule has 0 saturated carbocycles. The summed E-state index contributed by atoms with van der Waals surface area (Å²) in [6, 6.07) is 15.1. The number of carbonyl (C=O) groups excluding carboxylic acids is 2. The number of benzene rings is 2. The number of nitrogens with zero attached hydrogens (tertiary/aromatic N) is 1. The van der Waals surface area contributed by atoms with E-state index in [-0.39, 0.29) is 18.2 Å². The third-order valence-electron chi connectivity index (χ3n) is 4.26. The Bertz CT molecular complexity index is 759. The Labute approximate surface area is 160 Å². The predicted molar refractivity (Wildman–Crippen MR) is 104 cm³/mol. The van der Waals surface area contributed by atoms with Gasteiger partial charge in [0.05, 0.1) is 14.2 Å². The molecule has 144 valence electrons. The number of rotatable bonds is 9. The minimum atomic E-state index is -0.0999. The summed E-state index contributed by atoms with van der Waals surface area (Å²) in [5.41, 5.74) is 1.90. The number of carbonyl (C=O) groups is 2. The van der Waals surface area contributed by atoms with Gasteiger partial charge in [-0.3, -0.25) is 9.59 Å². The highest BCUT2D eigenvalue weighted by molar-refractivity contribution is 5.78. The van der Waals surface area contributed by atoms with Crippen LogP contribution in [0.5, 0.6) is 11.5 Å². The second-order valence-electron chi connectivity index (χ2n) is 6.13. The van der Waals surface area contributed by atoms with Crippen molar-refractivity contribution >= 4 is 11.8 Å². The van der Waals surface area contributed by atoms with Crippen LogP contribution in [0.2, 0.25) is 0 Å². The SMILES string of the molecule is COc1ccc(CNC(=O)CCN(Cc2ccccc2OC)C(C)=O)cc1. The fourth-order valence-electron chi connectivity index (χ4n) is 2.66. The van der Waals surface area contributed by atoms with Crippen LogP contribution >= 0.6 is 0 Å². The zero-order valence-corrected chi connectivity index (χ0v) is 16.0. The Kier molecular flexibility index (Phi) is 7.67. The van der Waals surface area contributed by atoms with E-state index in [1.165, 1.54) is 6.92 Å². The van der Waals surface area contributed by atoms with Crippen LogP contribution < -0.4 is 14.8 Å². The maximum Gasteiger partial charge on any atom is 0.222 e. The van der Waals surface area contributed by atoms with E-state index in [2.05, 4.69) is 5.32 Å². The molecule has 0 aromatic heterocycles. The van der Waals surface area contributed by atoms with Gasteiger partial charge in [-0.2, -0.15) is 0 Å². The summed E-state index contributed by atoms with van der Waals surface area (Å²) in [4.78, 5) is 25.7. The van der Waals surface area contributed by atoms with E-state index in [9.17, 15) is 9.59 Å². The average molecular weight is 370 g/mol. The normalized spacial score (nSPS) is 10.2. The molecule has 0 unspecified atom stereocenters. The highest BCUT2D eigenvalue weighted by Crippen LogP contribution is 2.19. The van der Waals surface area contributed by atoms with Gasteiger partial charge in [-0.15, -0.1) is 0 Å². The van der Waals surface area contributed by atoms with Crippen LogP contribution in [-0.2, 0) is 22.7 Å². The second kappa shape index (κ2) is 10.2. The highest BCUT2D eigenvalue weighted by atomic mass is 16.5. The molecule has 27 heavy (non-hydrogen) atoms. The summed E-state index contributed by atoms with van der Waals surface area (Å²) in [5.74, 6) is 1.33. The lowest BCUT2D eigenvalue weighted by atomic mass is 10.1.